The van der Waals surface area contributed by atoms with Gasteiger partial charge in [0, 0.05) is 6.07 Å². The van der Waals surface area contributed by atoms with Crippen LogP contribution in [-0.2, 0) is 9.53 Å². The third-order valence-electron chi connectivity index (χ3n) is 2.32. The molecule has 0 aromatic heterocycles. The minimum atomic E-state index is -0.871. The van der Waals surface area contributed by atoms with Crippen LogP contribution in [0, 0.1) is 20.2 Å². The molecule has 0 saturated carbocycles. The molecule has 0 fully saturated rings. The lowest BCUT2D eigenvalue weighted by Crippen LogP contribution is -2.27. The third-order valence-corrected chi connectivity index (χ3v) is 2.32. The normalized spacial score (nSPS) is 11.5. The van der Waals surface area contributed by atoms with Gasteiger partial charge in [-0.05, 0) is 13.0 Å². The van der Waals surface area contributed by atoms with Gasteiger partial charge in [-0.2, -0.15) is 0 Å². The Kier molecular flexibility index (Phi) is 4.35. The molecule has 0 aliphatic carbocycles. The van der Waals surface area contributed by atoms with Crippen molar-refractivity contribution in [1.82, 2.24) is 0 Å². The highest BCUT2D eigenvalue weighted by atomic mass is 16.6. The van der Waals surface area contributed by atoms with Crippen LogP contribution >= 0.6 is 0 Å². The van der Waals surface area contributed by atoms with Gasteiger partial charge in [0.2, 0.25) is 0 Å². The van der Waals surface area contributed by atoms with Crippen molar-refractivity contribution in [2.45, 2.75) is 13.0 Å². The molecule has 102 valence electrons. The molecule has 1 aromatic rings. The van der Waals surface area contributed by atoms with Crippen molar-refractivity contribution in [3.63, 3.8) is 0 Å². The molecule has 0 bridgehead atoms. The second-order valence-electron chi connectivity index (χ2n) is 3.58. The van der Waals surface area contributed by atoms with Crippen LogP contribution in [-0.4, -0.2) is 29.0 Å². The summed E-state index contributed by atoms with van der Waals surface area (Å²) in [6.07, 6.45) is 0. The predicted octanol–water partition coefficient (Wildman–Crippen LogP) is 1.48. The molecule has 0 radical (unpaired) electrons. The van der Waals surface area contributed by atoms with Crippen molar-refractivity contribution < 1.29 is 19.4 Å². The van der Waals surface area contributed by atoms with E-state index in [0.29, 0.717) is 0 Å². The van der Waals surface area contributed by atoms with E-state index < -0.39 is 33.2 Å². The lowest BCUT2D eigenvalue weighted by Gasteiger charge is -2.12. The van der Waals surface area contributed by atoms with E-state index in [0.717, 1.165) is 6.07 Å². The zero-order chi connectivity index (χ0) is 14.6. The third kappa shape index (κ3) is 3.15. The van der Waals surface area contributed by atoms with Crippen LogP contribution in [0.4, 0.5) is 17.1 Å². The van der Waals surface area contributed by atoms with E-state index in [-0.39, 0.29) is 5.69 Å². The molecular weight excluding hydrogens is 258 g/mol. The number of nitrogens with zero attached hydrogens (tertiary/aromatic N) is 2. The Morgan fingerprint density at radius 2 is 1.95 bits per heavy atom. The second-order valence-corrected chi connectivity index (χ2v) is 3.58. The summed E-state index contributed by atoms with van der Waals surface area (Å²) in [7, 11) is 1.17. The number of nitro benzene ring substituents is 2. The van der Waals surface area contributed by atoms with Gasteiger partial charge in [-0.15, -0.1) is 0 Å². The average molecular weight is 269 g/mol. The SMILES string of the molecule is COC(=O)C(C)Nc1cccc([N+](=O)[O-])c1[N+](=O)[O-]. The van der Waals surface area contributed by atoms with E-state index >= 15 is 0 Å². The smallest absolute Gasteiger partial charge is 0.368 e. The first-order valence-electron chi connectivity index (χ1n) is 5.14. The largest absolute Gasteiger partial charge is 0.467 e. The van der Waals surface area contributed by atoms with Gasteiger partial charge in [0.05, 0.1) is 17.0 Å². The van der Waals surface area contributed by atoms with Gasteiger partial charge in [0.1, 0.15) is 11.7 Å². The summed E-state index contributed by atoms with van der Waals surface area (Å²) < 4.78 is 4.46. The van der Waals surface area contributed by atoms with Gasteiger partial charge in [0.25, 0.3) is 0 Å². The van der Waals surface area contributed by atoms with Crippen LogP contribution in [0.3, 0.4) is 0 Å². The number of para-hydroxylation sites is 1. The Morgan fingerprint density at radius 3 is 2.42 bits per heavy atom. The fraction of sp³-hybridized carbons (Fsp3) is 0.300. The lowest BCUT2D eigenvalue weighted by molar-refractivity contribution is -0.421. The van der Waals surface area contributed by atoms with Crippen LogP contribution < -0.4 is 5.32 Å². The Morgan fingerprint density at radius 1 is 1.32 bits per heavy atom. The summed E-state index contributed by atoms with van der Waals surface area (Å²) in [5.74, 6) is -0.638. The molecule has 19 heavy (non-hydrogen) atoms. The molecule has 9 heteroatoms. The van der Waals surface area contributed by atoms with Crippen molar-refractivity contribution >= 4 is 23.0 Å². The van der Waals surface area contributed by atoms with Crippen LogP contribution in [0.2, 0.25) is 0 Å². The van der Waals surface area contributed by atoms with Gasteiger partial charge in [-0.3, -0.25) is 20.2 Å². The lowest BCUT2D eigenvalue weighted by atomic mass is 10.2. The topological polar surface area (TPSA) is 125 Å². The first kappa shape index (κ1) is 14.4. The number of carbonyl (C=O) groups is 1. The Bertz CT molecular complexity index is 530. The fourth-order valence-corrected chi connectivity index (χ4v) is 1.46. The van der Waals surface area contributed by atoms with Crippen molar-refractivity contribution in [2.24, 2.45) is 0 Å². The van der Waals surface area contributed by atoms with Crippen molar-refractivity contribution in [2.75, 3.05) is 12.4 Å². The van der Waals surface area contributed by atoms with Gasteiger partial charge >= 0.3 is 17.3 Å². The summed E-state index contributed by atoms with van der Waals surface area (Å²) in [5.41, 5.74) is -1.45. The Balaban J connectivity index is 3.21. The van der Waals surface area contributed by atoms with Gasteiger partial charge < -0.3 is 10.1 Å². The van der Waals surface area contributed by atoms with E-state index in [1.54, 1.807) is 0 Å². The predicted molar refractivity (Wildman–Crippen MR) is 64.9 cm³/mol. The number of anilines is 1. The number of hydrogen-bond acceptors (Lipinski definition) is 7. The zero-order valence-corrected chi connectivity index (χ0v) is 10.2. The molecule has 0 saturated heterocycles. The molecule has 0 aliphatic rings. The maximum absolute atomic E-state index is 11.2. The number of nitro groups is 2. The molecule has 0 heterocycles. The van der Waals surface area contributed by atoms with Crippen molar-refractivity contribution in [3.8, 4) is 0 Å². The van der Waals surface area contributed by atoms with Gasteiger partial charge in [-0.1, -0.05) is 6.07 Å². The Labute approximate surface area is 107 Å². The van der Waals surface area contributed by atoms with E-state index in [1.165, 1.54) is 26.2 Å². The molecule has 0 spiro atoms. The molecule has 1 N–H and O–H groups in total. The highest BCUT2D eigenvalue weighted by Crippen LogP contribution is 2.34. The zero-order valence-electron chi connectivity index (χ0n) is 10.2. The number of rotatable bonds is 5. The molecule has 0 amide bonds. The highest BCUT2D eigenvalue weighted by Gasteiger charge is 2.29. The summed E-state index contributed by atoms with van der Waals surface area (Å²) >= 11 is 0. The summed E-state index contributed by atoms with van der Waals surface area (Å²) in [5, 5.41) is 24.2. The minimum absolute atomic E-state index is 0.114. The monoisotopic (exact) mass is 269 g/mol. The number of esters is 1. The molecular formula is C10H11N3O6. The van der Waals surface area contributed by atoms with Crippen LogP contribution in [0.25, 0.3) is 0 Å². The number of ether oxygens (including phenoxy) is 1. The van der Waals surface area contributed by atoms with E-state index in [2.05, 4.69) is 10.1 Å². The molecule has 0 aliphatic heterocycles. The summed E-state index contributed by atoms with van der Waals surface area (Å²) in [6, 6.07) is 2.72. The standard InChI is InChI=1S/C10H11N3O6/c1-6(10(14)19-2)11-7-4-3-5-8(12(15)16)9(7)13(17)18/h3-6,11H,1-2H3. The number of nitrogens with one attached hydrogen (secondary N) is 1. The van der Waals surface area contributed by atoms with Crippen molar-refractivity contribution in [1.29, 1.82) is 0 Å². The van der Waals surface area contributed by atoms with E-state index in [4.69, 9.17) is 0 Å². The fourth-order valence-electron chi connectivity index (χ4n) is 1.46. The molecule has 9 nitrogen and oxygen atoms in total. The summed E-state index contributed by atoms with van der Waals surface area (Å²) in [4.78, 5) is 31.2. The van der Waals surface area contributed by atoms with Crippen LogP contribution in [0.1, 0.15) is 6.92 Å². The number of carbonyl (C=O) groups excluding carboxylic acids is 1. The van der Waals surface area contributed by atoms with E-state index in [9.17, 15) is 25.0 Å². The number of benzene rings is 1. The quantitative estimate of drug-likeness (QED) is 0.487. The first-order chi connectivity index (χ1) is 8.88. The maximum atomic E-state index is 11.2. The molecule has 1 rings (SSSR count). The van der Waals surface area contributed by atoms with Crippen molar-refractivity contribution in [3.05, 3.63) is 38.4 Å². The van der Waals surface area contributed by atoms with Crippen LogP contribution in [0.15, 0.2) is 18.2 Å². The Hall–Kier alpha value is -2.71. The number of hydrogen-bond donors (Lipinski definition) is 1. The summed E-state index contributed by atoms with van der Waals surface area (Å²) in [6.45, 7) is 1.42. The number of methoxy groups -OCH3 is 1. The van der Waals surface area contributed by atoms with Crippen LogP contribution in [0.5, 0.6) is 0 Å². The highest BCUT2D eigenvalue weighted by molar-refractivity contribution is 5.81. The second kappa shape index (κ2) is 5.76. The molecule has 1 atom stereocenters. The van der Waals surface area contributed by atoms with Gasteiger partial charge in [0.15, 0.2) is 0 Å². The first-order valence-corrected chi connectivity index (χ1v) is 5.14. The minimum Gasteiger partial charge on any atom is -0.467 e. The van der Waals surface area contributed by atoms with E-state index in [1.807, 2.05) is 0 Å². The molecule has 1 aromatic carbocycles. The maximum Gasteiger partial charge on any atom is 0.368 e. The molecule has 1 unspecified atom stereocenters. The van der Waals surface area contributed by atoms with Gasteiger partial charge in [-0.25, -0.2) is 4.79 Å². The average Bonchev–Trinajstić information content (AvgIpc) is 2.36.